The number of hydrogen-bond donors (Lipinski definition) is 1. The summed E-state index contributed by atoms with van der Waals surface area (Å²) >= 11 is 11.8. The van der Waals surface area contributed by atoms with Crippen molar-refractivity contribution in [1.29, 1.82) is 0 Å². The quantitative estimate of drug-likeness (QED) is 0.919. The Morgan fingerprint density at radius 3 is 2.57 bits per heavy atom. The van der Waals surface area contributed by atoms with Crippen LogP contribution in [0.2, 0.25) is 10.0 Å². The molecule has 0 radical (unpaired) electrons. The lowest BCUT2D eigenvalue weighted by Gasteiger charge is -2.15. The molecule has 5 nitrogen and oxygen atoms in total. The number of rotatable bonds is 5. The van der Waals surface area contributed by atoms with Gasteiger partial charge in [-0.25, -0.2) is 0 Å². The molecule has 0 saturated heterocycles. The Bertz CT molecular complexity index is 621. The molecule has 1 aromatic carbocycles. The van der Waals surface area contributed by atoms with E-state index in [4.69, 9.17) is 23.2 Å². The van der Waals surface area contributed by atoms with Crippen LogP contribution in [0.5, 0.6) is 0 Å². The molecule has 0 fully saturated rings. The third-order valence-corrected chi connectivity index (χ3v) is 3.21. The maximum absolute atomic E-state index is 12.0. The maximum Gasteiger partial charge on any atom is 0.238 e. The SMILES string of the molecule is CN(CC(=O)Nc1cc(Cl)cc(Cl)c1)Cc1cnn(C)c1. The molecule has 0 unspecified atom stereocenters. The number of amides is 1. The molecule has 1 N–H and O–H groups in total. The fourth-order valence-electron chi connectivity index (χ4n) is 1.99. The average Bonchev–Trinajstić information content (AvgIpc) is 2.72. The smallest absolute Gasteiger partial charge is 0.238 e. The van der Waals surface area contributed by atoms with Crippen molar-refractivity contribution in [3.63, 3.8) is 0 Å². The van der Waals surface area contributed by atoms with E-state index in [0.717, 1.165) is 5.56 Å². The van der Waals surface area contributed by atoms with Gasteiger partial charge in [-0.05, 0) is 25.2 Å². The Balaban J connectivity index is 1.88. The van der Waals surface area contributed by atoms with Crippen molar-refractivity contribution in [2.24, 2.45) is 7.05 Å². The van der Waals surface area contributed by atoms with Crippen LogP contribution in [0.4, 0.5) is 5.69 Å². The zero-order valence-corrected chi connectivity index (χ0v) is 13.3. The molecule has 0 bridgehead atoms. The van der Waals surface area contributed by atoms with Crippen LogP contribution >= 0.6 is 23.2 Å². The van der Waals surface area contributed by atoms with Crippen molar-refractivity contribution >= 4 is 34.8 Å². The first-order valence-corrected chi connectivity index (χ1v) is 7.10. The van der Waals surface area contributed by atoms with E-state index < -0.39 is 0 Å². The van der Waals surface area contributed by atoms with Gasteiger partial charge in [0.05, 0.1) is 12.7 Å². The molecule has 0 aliphatic rings. The predicted molar refractivity (Wildman–Crippen MR) is 84.6 cm³/mol. The summed E-state index contributed by atoms with van der Waals surface area (Å²) < 4.78 is 1.73. The van der Waals surface area contributed by atoms with Gasteiger partial charge in [-0.1, -0.05) is 23.2 Å². The summed E-state index contributed by atoms with van der Waals surface area (Å²) in [5.74, 6) is -0.125. The Kier molecular flexibility index (Phi) is 5.22. The van der Waals surface area contributed by atoms with E-state index in [2.05, 4.69) is 10.4 Å². The average molecular weight is 327 g/mol. The number of anilines is 1. The first-order chi connectivity index (χ1) is 9.92. The molecule has 7 heteroatoms. The number of likely N-dealkylation sites (N-methyl/N-ethyl adjacent to an activating group) is 1. The van der Waals surface area contributed by atoms with Gasteiger partial charge in [0.15, 0.2) is 0 Å². The minimum atomic E-state index is -0.125. The number of carbonyl (C=O) groups is 1. The lowest BCUT2D eigenvalue weighted by Crippen LogP contribution is -2.29. The highest BCUT2D eigenvalue weighted by molar-refractivity contribution is 6.35. The van der Waals surface area contributed by atoms with Crippen LogP contribution in [-0.4, -0.2) is 34.2 Å². The fraction of sp³-hybridized carbons (Fsp3) is 0.286. The molecule has 21 heavy (non-hydrogen) atoms. The fourth-order valence-corrected chi connectivity index (χ4v) is 2.52. The second kappa shape index (κ2) is 6.93. The van der Waals surface area contributed by atoms with E-state index in [-0.39, 0.29) is 12.5 Å². The molecule has 1 aromatic heterocycles. The van der Waals surface area contributed by atoms with Crippen LogP contribution in [0, 0.1) is 0 Å². The van der Waals surface area contributed by atoms with E-state index in [9.17, 15) is 4.79 Å². The number of halogens is 2. The van der Waals surface area contributed by atoms with Gasteiger partial charge in [0.1, 0.15) is 0 Å². The van der Waals surface area contributed by atoms with E-state index in [0.29, 0.717) is 22.3 Å². The summed E-state index contributed by atoms with van der Waals surface area (Å²) in [5.41, 5.74) is 1.64. The Labute approximate surface area is 133 Å². The molecule has 0 atom stereocenters. The van der Waals surface area contributed by atoms with Crippen molar-refractivity contribution in [2.45, 2.75) is 6.54 Å². The van der Waals surface area contributed by atoms with E-state index in [1.807, 2.05) is 25.2 Å². The van der Waals surface area contributed by atoms with Crippen LogP contribution in [0.15, 0.2) is 30.6 Å². The monoisotopic (exact) mass is 326 g/mol. The summed E-state index contributed by atoms with van der Waals surface area (Å²) in [5, 5.41) is 7.85. The topological polar surface area (TPSA) is 50.2 Å². The molecule has 0 aliphatic carbocycles. The van der Waals surface area contributed by atoms with Gasteiger partial charge in [0.25, 0.3) is 0 Å². The summed E-state index contributed by atoms with van der Waals surface area (Å²) in [4.78, 5) is 13.9. The van der Waals surface area contributed by atoms with Crippen LogP contribution in [0.3, 0.4) is 0 Å². The van der Waals surface area contributed by atoms with Crippen molar-refractivity contribution < 1.29 is 4.79 Å². The molecular formula is C14H16Cl2N4O. The number of carbonyl (C=O) groups excluding carboxylic acids is 1. The number of aromatic nitrogens is 2. The van der Waals surface area contributed by atoms with Crippen molar-refractivity contribution in [2.75, 3.05) is 18.9 Å². The van der Waals surface area contributed by atoms with Crippen LogP contribution in [0.1, 0.15) is 5.56 Å². The Hall–Kier alpha value is -1.56. The molecule has 2 rings (SSSR count). The zero-order valence-electron chi connectivity index (χ0n) is 11.8. The minimum Gasteiger partial charge on any atom is -0.325 e. The minimum absolute atomic E-state index is 0.125. The number of nitrogens with zero attached hydrogens (tertiary/aromatic N) is 3. The second-order valence-corrected chi connectivity index (χ2v) is 5.77. The lowest BCUT2D eigenvalue weighted by atomic mass is 10.3. The van der Waals surface area contributed by atoms with Gasteiger partial charge in [-0.3, -0.25) is 14.4 Å². The van der Waals surface area contributed by atoms with Gasteiger partial charge >= 0.3 is 0 Å². The third kappa shape index (κ3) is 5.04. The van der Waals surface area contributed by atoms with E-state index in [1.54, 1.807) is 29.1 Å². The van der Waals surface area contributed by atoms with E-state index in [1.165, 1.54) is 0 Å². The molecule has 112 valence electrons. The van der Waals surface area contributed by atoms with Gasteiger partial charge in [-0.15, -0.1) is 0 Å². The summed E-state index contributed by atoms with van der Waals surface area (Å²) in [6.45, 7) is 0.913. The van der Waals surface area contributed by atoms with E-state index >= 15 is 0 Å². The normalized spacial score (nSPS) is 10.9. The number of aryl methyl sites for hydroxylation is 1. The summed E-state index contributed by atoms with van der Waals surface area (Å²) in [7, 11) is 3.73. The summed E-state index contributed by atoms with van der Waals surface area (Å²) in [6.07, 6.45) is 3.70. The number of nitrogens with one attached hydrogen (secondary N) is 1. The maximum atomic E-state index is 12.0. The standard InChI is InChI=1S/C14H16Cl2N4O/c1-19(7-10-6-17-20(2)8-10)9-14(21)18-13-4-11(15)3-12(16)5-13/h3-6,8H,7,9H2,1-2H3,(H,18,21). The van der Waals surface area contributed by atoms with Gasteiger partial charge < -0.3 is 5.32 Å². The van der Waals surface area contributed by atoms with Gasteiger partial charge in [0, 0.05) is 41.1 Å². The highest BCUT2D eigenvalue weighted by atomic mass is 35.5. The highest BCUT2D eigenvalue weighted by Crippen LogP contribution is 2.22. The molecule has 2 aromatic rings. The van der Waals surface area contributed by atoms with Crippen molar-refractivity contribution in [3.05, 3.63) is 46.2 Å². The molecular weight excluding hydrogens is 311 g/mol. The Morgan fingerprint density at radius 2 is 2.00 bits per heavy atom. The molecule has 0 spiro atoms. The van der Waals surface area contributed by atoms with Crippen molar-refractivity contribution in [1.82, 2.24) is 14.7 Å². The number of hydrogen-bond acceptors (Lipinski definition) is 3. The third-order valence-electron chi connectivity index (χ3n) is 2.77. The molecule has 1 heterocycles. The van der Waals surface area contributed by atoms with Crippen LogP contribution in [0.25, 0.3) is 0 Å². The molecule has 1 amide bonds. The first-order valence-electron chi connectivity index (χ1n) is 6.34. The summed E-state index contributed by atoms with van der Waals surface area (Å²) in [6, 6.07) is 4.94. The van der Waals surface area contributed by atoms with Gasteiger partial charge in [0.2, 0.25) is 5.91 Å². The molecule has 0 aliphatic heterocycles. The predicted octanol–water partition coefficient (Wildman–Crippen LogP) is 2.80. The number of benzene rings is 1. The van der Waals surface area contributed by atoms with Gasteiger partial charge in [-0.2, -0.15) is 5.10 Å². The second-order valence-electron chi connectivity index (χ2n) is 4.90. The van der Waals surface area contributed by atoms with Crippen LogP contribution in [-0.2, 0) is 18.4 Å². The highest BCUT2D eigenvalue weighted by Gasteiger charge is 2.09. The lowest BCUT2D eigenvalue weighted by molar-refractivity contribution is -0.117. The first kappa shape index (κ1) is 15.8. The Morgan fingerprint density at radius 1 is 1.33 bits per heavy atom. The molecule has 0 saturated carbocycles. The van der Waals surface area contributed by atoms with Crippen molar-refractivity contribution in [3.8, 4) is 0 Å². The largest absolute Gasteiger partial charge is 0.325 e. The van der Waals surface area contributed by atoms with Crippen LogP contribution < -0.4 is 5.32 Å². The zero-order chi connectivity index (χ0) is 15.4.